The first kappa shape index (κ1) is 12.2. The van der Waals surface area contributed by atoms with Crippen LogP contribution in [0.3, 0.4) is 0 Å². The number of aryl methyl sites for hydroxylation is 2. The van der Waals surface area contributed by atoms with Gasteiger partial charge in [0.1, 0.15) is 12.4 Å². The maximum absolute atomic E-state index is 11.8. The largest absolute Gasteiger partial charge is 0.382 e. The standard InChI is InChI=1S/C11H16N6O/c1-7-5-17(15-11(7)12)6-10(18)14-9-4-13-16(3)8(9)2/h4-5H,6H2,1-3H3,(H2,12,15)(H,14,18). The molecule has 0 aliphatic heterocycles. The van der Waals surface area contributed by atoms with E-state index in [1.807, 2.05) is 20.9 Å². The molecule has 0 saturated carbocycles. The SMILES string of the molecule is Cc1cn(CC(=O)Nc2cnn(C)c2C)nc1N. The number of carbonyl (C=O) groups excluding carboxylic acids is 1. The minimum atomic E-state index is -0.159. The summed E-state index contributed by atoms with van der Waals surface area (Å²) in [4.78, 5) is 11.8. The summed E-state index contributed by atoms with van der Waals surface area (Å²) in [7, 11) is 1.82. The number of nitrogen functional groups attached to an aromatic ring is 1. The zero-order valence-corrected chi connectivity index (χ0v) is 10.6. The maximum atomic E-state index is 11.8. The van der Waals surface area contributed by atoms with E-state index in [4.69, 9.17) is 5.73 Å². The van der Waals surface area contributed by atoms with Crippen LogP contribution >= 0.6 is 0 Å². The van der Waals surface area contributed by atoms with E-state index >= 15 is 0 Å². The van der Waals surface area contributed by atoms with Gasteiger partial charge in [-0.15, -0.1) is 0 Å². The van der Waals surface area contributed by atoms with Crippen LogP contribution < -0.4 is 11.1 Å². The van der Waals surface area contributed by atoms with Crippen molar-refractivity contribution in [3.05, 3.63) is 23.7 Å². The normalized spacial score (nSPS) is 10.6. The molecule has 18 heavy (non-hydrogen) atoms. The second-order valence-electron chi connectivity index (χ2n) is 4.21. The van der Waals surface area contributed by atoms with Crippen LogP contribution in [0.1, 0.15) is 11.3 Å². The lowest BCUT2D eigenvalue weighted by atomic mass is 10.4. The number of aromatic nitrogens is 4. The first-order valence-corrected chi connectivity index (χ1v) is 5.55. The van der Waals surface area contributed by atoms with E-state index in [0.717, 1.165) is 11.3 Å². The van der Waals surface area contributed by atoms with Crippen molar-refractivity contribution >= 4 is 17.4 Å². The molecule has 96 valence electrons. The fourth-order valence-electron chi connectivity index (χ4n) is 1.58. The summed E-state index contributed by atoms with van der Waals surface area (Å²) in [6.07, 6.45) is 3.36. The number of hydrogen-bond donors (Lipinski definition) is 2. The summed E-state index contributed by atoms with van der Waals surface area (Å²) in [6, 6.07) is 0. The Hall–Kier alpha value is -2.31. The van der Waals surface area contributed by atoms with Gasteiger partial charge in [0.05, 0.1) is 17.6 Å². The van der Waals surface area contributed by atoms with Gasteiger partial charge < -0.3 is 11.1 Å². The predicted molar refractivity (Wildman–Crippen MR) is 68.0 cm³/mol. The fraction of sp³-hybridized carbons (Fsp3) is 0.364. The summed E-state index contributed by atoms with van der Waals surface area (Å²) in [5, 5.41) is 10.9. The topological polar surface area (TPSA) is 90.8 Å². The minimum absolute atomic E-state index is 0.131. The van der Waals surface area contributed by atoms with E-state index < -0.39 is 0 Å². The van der Waals surface area contributed by atoms with Crippen LogP contribution in [0.4, 0.5) is 11.5 Å². The van der Waals surface area contributed by atoms with E-state index in [2.05, 4.69) is 15.5 Å². The molecule has 2 heterocycles. The van der Waals surface area contributed by atoms with Crippen LogP contribution in [0, 0.1) is 13.8 Å². The molecule has 0 bridgehead atoms. The van der Waals surface area contributed by atoms with Crippen molar-refractivity contribution in [1.82, 2.24) is 19.6 Å². The average Bonchev–Trinajstić information content (AvgIpc) is 2.76. The molecular formula is C11H16N6O. The van der Waals surface area contributed by atoms with Gasteiger partial charge in [-0.25, -0.2) is 0 Å². The molecule has 0 aliphatic rings. The van der Waals surface area contributed by atoms with Gasteiger partial charge in [0, 0.05) is 18.8 Å². The lowest BCUT2D eigenvalue weighted by Crippen LogP contribution is -2.19. The molecule has 0 aromatic carbocycles. The Morgan fingerprint density at radius 3 is 2.72 bits per heavy atom. The highest BCUT2D eigenvalue weighted by Crippen LogP contribution is 2.12. The second-order valence-corrected chi connectivity index (χ2v) is 4.21. The van der Waals surface area contributed by atoms with Crippen molar-refractivity contribution in [3.8, 4) is 0 Å². The molecule has 0 spiro atoms. The number of nitrogens with zero attached hydrogens (tertiary/aromatic N) is 4. The second kappa shape index (κ2) is 4.52. The lowest BCUT2D eigenvalue weighted by molar-refractivity contribution is -0.116. The Labute approximate surface area is 105 Å². The van der Waals surface area contributed by atoms with E-state index in [9.17, 15) is 4.79 Å². The third kappa shape index (κ3) is 2.34. The fourth-order valence-corrected chi connectivity index (χ4v) is 1.58. The van der Waals surface area contributed by atoms with Gasteiger partial charge in [-0.1, -0.05) is 0 Å². The summed E-state index contributed by atoms with van der Waals surface area (Å²) in [6.45, 7) is 3.87. The third-order valence-corrected chi connectivity index (χ3v) is 2.80. The van der Waals surface area contributed by atoms with Crippen LogP contribution in [-0.4, -0.2) is 25.5 Å². The Kier molecular flexibility index (Phi) is 3.05. The van der Waals surface area contributed by atoms with E-state index in [-0.39, 0.29) is 12.5 Å². The molecule has 0 atom stereocenters. The van der Waals surface area contributed by atoms with Gasteiger partial charge in [0.15, 0.2) is 0 Å². The van der Waals surface area contributed by atoms with Crippen molar-refractivity contribution in [2.24, 2.45) is 7.05 Å². The Bertz CT molecular complexity index is 563. The molecular weight excluding hydrogens is 232 g/mol. The summed E-state index contributed by atoms with van der Waals surface area (Å²) in [5.41, 5.74) is 8.09. The molecule has 2 aromatic heterocycles. The minimum Gasteiger partial charge on any atom is -0.382 e. The molecule has 0 radical (unpaired) electrons. The van der Waals surface area contributed by atoms with Gasteiger partial charge in [-0.05, 0) is 13.8 Å². The van der Waals surface area contributed by atoms with E-state index in [1.165, 1.54) is 4.68 Å². The molecule has 1 amide bonds. The quantitative estimate of drug-likeness (QED) is 0.825. The number of rotatable bonds is 3. The smallest absolute Gasteiger partial charge is 0.246 e. The number of carbonyl (C=O) groups is 1. The van der Waals surface area contributed by atoms with Gasteiger partial charge in [-0.3, -0.25) is 14.2 Å². The molecule has 2 aromatic rings. The van der Waals surface area contributed by atoms with Crippen LogP contribution in [0.5, 0.6) is 0 Å². The van der Waals surface area contributed by atoms with Crippen LogP contribution in [-0.2, 0) is 18.4 Å². The molecule has 7 nitrogen and oxygen atoms in total. The van der Waals surface area contributed by atoms with Gasteiger partial charge >= 0.3 is 0 Å². The molecule has 0 saturated heterocycles. The zero-order chi connectivity index (χ0) is 13.3. The summed E-state index contributed by atoms with van der Waals surface area (Å²) in [5.74, 6) is 0.286. The number of hydrogen-bond acceptors (Lipinski definition) is 4. The van der Waals surface area contributed by atoms with Crippen molar-refractivity contribution in [2.75, 3.05) is 11.1 Å². The van der Waals surface area contributed by atoms with Crippen LogP contribution in [0.25, 0.3) is 0 Å². The molecule has 2 rings (SSSR count). The first-order valence-electron chi connectivity index (χ1n) is 5.55. The number of anilines is 2. The van der Waals surface area contributed by atoms with Gasteiger partial charge in [0.2, 0.25) is 5.91 Å². The molecule has 7 heteroatoms. The number of amides is 1. The predicted octanol–water partition coefficient (Wildman–Crippen LogP) is 0.454. The van der Waals surface area contributed by atoms with E-state index in [0.29, 0.717) is 11.5 Å². The van der Waals surface area contributed by atoms with Crippen molar-refractivity contribution in [1.29, 1.82) is 0 Å². The lowest BCUT2D eigenvalue weighted by Gasteiger charge is -2.04. The third-order valence-electron chi connectivity index (χ3n) is 2.80. The monoisotopic (exact) mass is 248 g/mol. The maximum Gasteiger partial charge on any atom is 0.246 e. The molecule has 3 N–H and O–H groups in total. The zero-order valence-electron chi connectivity index (χ0n) is 10.6. The van der Waals surface area contributed by atoms with Crippen molar-refractivity contribution < 1.29 is 4.79 Å². The molecule has 0 fully saturated rings. The molecule has 0 unspecified atom stereocenters. The Morgan fingerprint density at radius 1 is 1.50 bits per heavy atom. The summed E-state index contributed by atoms with van der Waals surface area (Å²) >= 11 is 0. The van der Waals surface area contributed by atoms with Gasteiger partial charge in [0.25, 0.3) is 0 Å². The van der Waals surface area contributed by atoms with Crippen molar-refractivity contribution in [3.63, 3.8) is 0 Å². The summed E-state index contributed by atoms with van der Waals surface area (Å²) < 4.78 is 3.22. The van der Waals surface area contributed by atoms with E-state index in [1.54, 1.807) is 17.1 Å². The average molecular weight is 248 g/mol. The number of nitrogens with two attached hydrogens (primary N) is 1. The molecule has 0 aliphatic carbocycles. The van der Waals surface area contributed by atoms with Crippen LogP contribution in [0.15, 0.2) is 12.4 Å². The number of nitrogens with one attached hydrogen (secondary N) is 1. The highest BCUT2D eigenvalue weighted by atomic mass is 16.2. The highest BCUT2D eigenvalue weighted by Gasteiger charge is 2.10. The van der Waals surface area contributed by atoms with Crippen LogP contribution in [0.2, 0.25) is 0 Å². The van der Waals surface area contributed by atoms with Crippen molar-refractivity contribution in [2.45, 2.75) is 20.4 Å². The Balaban J connectivity index is 2.03. The highest BCUT2D eigenvalue weighted by molar-refractivity contribution is 5.90. The Morgan fingerprint density at radius 2 is 2.22 bits per heavy atom. The van der Waals surface area contributed by atoms with Gasteiger partial charge in [-0.2, -0.15) is 10.2 Å². The first-order chi connectivity index (χ1) is 8.47.